The fourth-order valence-corrected chi connectivity index (χ4v) is 4.72. The van der Waals surface area contributed by atoms with Crippen molar-refractivity contribution in [2.24, 2.45) is 0 Å². The number of carbonyl (C=O) groups excluding carboxylic acids is 2. The molecule has 0 fully saturated rings. The zero-order valence-corrected chi connectivity index (χ0v) is 23.5. The molecule has 0 aliphatic heterocycles. The van der Waals surface area contributed by atoms with Crippen molar-refractivity contribution in [1.82, 2.24) is 10.2 Å². The third-order valence-electron chi connectivity index (χ3n) is 5.43. The van der Waals surface area contributed by atoms with Crippen molar-refractivity contribution < 1.29 is 22.7 Å². The largest absolute Gasteiger partial charge is 0.495 e. The molecular formula is C26H36ClN3O5S. The predicted octanol–water partition coefficient (Wildman–Crippen LogP) is 4.15. The number of anilines is 1. The van der Waals surface area contributed by atoms with Crippen molar-refractivity contribution in [2.45, 2.75) is 59.2 Å². The average Bonchev–Trinajstić information content (AvgIpc) is 2.76. The molecule has 10 heteroatoms. The third-order valence-corrected chi connectivity index (χ3v) is 6.81. The second kappa shape index (κ2) is 12.0. The zero-order chi connectivity index (χ0) is 27.3. The van der Waals surface area contributed by atoms with E-state index in [1.54, 1.807) is 42.5 Å². The van der Waals surface area contributed by atoms with Crippen LogP contribution in [0.4, 0.5) is 5.69 Å². The van der Waals surface area contributed by atoms with E-state index in [4.69, 9.17) is 16.3 Å². The van der Waals surface area contributed by atoms with E-state index in [1.807, 2.05) is 34.6 Å². The molecule has 2 aromatic carbocycles. The van der Waals surface area contributed by atoms with Crippen LogP contribution in [0.3, 0.4) is 0 Å². The van der Waals surface area contributed by atoms with E-state index in [-0.39, 0.29) is 18.1 Å². The Hall–Kier alpha value is -2.78. The fraction of sp³-hybridized carbons (Fsp3) is 0.462. The molecule has 8 nitrogen and oxygen atoms in total. The van der Waals surface area contributed by atoms with Gasteiger partial charge in [0, 0.05) is 17.1 Å². The SMILES string of the molecule is CC[C@H](C(=O)NC(C)(C)C)N(Cc1ccc(Cl)cc1)C(=O)CN(c1cc(C)ccc1OC)S(C)(=O)=O. The normalized spacial score (nSPS) is 12.6. The molecule has 0 heterocycles. The van der Waals surface area contributed by atoms with E-state index in [0.29, 0.717) is 17.2 Å². The summed E-state index contributed by atoms with van der Waals surface area (Å²) >= 11 is 6.02. The molecule has 0 radical (unpaired) electrons. The Balaban J connectivity index is 2.52. The van der Waals surface area contributed by atoms with Gasteiger partial charge in [-0.3, -0.25) is 13.9 Å². The number of sulfonamides is 1. The molecule has 0 aliphatic carbocycles. The Bertz CT molecular complexity index is 1180. The first kappa shape index (κ1) is 29.5. The molecular weight excluding hydrogens is 502 g/mol. The van der Waals surface area contributed by atoms with Crippen LogP contribution in [-0.4, -0.2) is 56.6 Å². The number of carbonyl (C=O) groups is 2. The van der Waals surface area contributed by atoms with Gasteiger partial charge in [-0.1, -0.05) is 36.7 Å². The summed E-state index contributed by atoms with van der Waals surface area (Å²) in [4.78, 5) is 28.4. The van der Waals surface area contributed by atoms with Gasteiger partial charge >= 0.3 is 0 Å². The van der Waals surface area contributed by atoms with Crippen LogP contribution in [0.25, 0.3) is 0 Å². The first-order valence-electron chi connectivity index (χ1n) is 11.6. The monoisotopic (exact) mass is 537 g/mol. The van der Waals surface area contributed by atoms with E-state index in [9.17, 15) is 18.0 Å². The molecule has 2 amide bonds. The van der Waals surface area contributed by atoms with Crippen LogP contribution in [-0.2, 0) is 26.2 Å². The van der Waals surface area contributed by atoms with Gasteiger partial charge in [0.25, 0.3) is 0 Å². The Kier molecular flexibility index (Phi) is 9.79. The van der Waals surface area contributed by atoms with Gasteiger partial charge in [-0.25, -0.2) is 8.42 Å². The van der Waals surface area contributed by atoms with Gasteiger partial charge < -0.3 is 15.0 Å². The maximum atomic E-state index is 13.8. The number of amides is 2. The van der Waals surface area contributed by atoms with Crippen molar-refractivity contribution >= 4 is 39.1 Å². The molecule has 2 aromatic rings. The maximum absolute atomic E-state index is 13.8. The lowest BCUT2D eigenvalue weighted by Gasteiger charge is -2.34. The molecule has 1 N–H and O–H groups in total. The highest BCUT2D eigenvalue weighted by molar-refractivity contribution is 7.92. The standard InChI is InChI=1S/C26H36ClN3O5S/c1-8-21(25(32)28-26(3,4)5)29(16-19-10-12-20(27)13-11-19)24(31)17-30(36(7,33)34)22-15-18(2)9-14-23(22)35-6/h9-15,21H,8,16-17H2,1-7H3,(H,28,32)/t21-/m1/s1. The highest BCUT2D eigenvalue weighted by Gasteiger charge is 2.33. The van der Waals surface area contributed by atoms with Crippen LogP contribution in [0.1, 0.15) is 45.2 Å². The minimum Gasteiger partial charge on any atom is -0.495 e. The summed E-state index contributed by atoms with van der Waals surface area (Å²) in [6.07, 6.45) is 1.38. The zero-order valence-electron chi connectivity index (χ0n) is 22.0. The Morgan fingerprint density at radius 2 is 1.72 bits per heavy atom. The molecule has 36 heavy (non-hydrogen) atoms. The van der Waals surface area contributed by atoms with Gasteiger partial charge in [0.05, 0.1) is 19.1 Å². The Morgan fingerprint density at radius 1 is 1.11 bits per heavy atom. The molecule has 0 saturated heterocycles. The van der Waals surface area contributed by atoms with E-state index in [1.165, 1.54) is 12.0 Å². The highest BCUT2D eigenvalue weighted by atomic mass is 35.5. The number of aryl methyl sites for hydroxylation is 1. The first-order valence-corrected chi connectivity index (χ1v) is 13.9. The van der Waals surface area contributed by atoms with Crippen LogP contribution in [0.2, 0.25) is 5.02 Å². The summed E-state index contributed by atoms with van der Waals surface area (Å²) in [7, 11) is -2.43. The van der Waals surface area contributed by atoms with Gasteiger partial charge in [0.1, 0.15) is 18.3 Å². The van der Waals surface area contributed by atoms with Crippen molar-refractivity contribution in [2.75, 3.05) is 24.2 Å². The Morgan fingerprint density at radius 3 is 2.22 bits per heavy atom. The van der Waals surface area contributed by atoms with Crippen LogP contribution in [0.5, 0.6) is 5.75 Å². The average molecular weight is 538 g/mol. The van der Waals surface area contributed by atoms with E-state index in [0.717, 1.165) is 21.7 Å². The number of nitrogens with one attached hydrogen (secondary N) is 1. The van der Waals surface area contributed by atoms with Crippen molar-refractivity contribution in [3.63, 3.8) is 0 Å². The van der Waals surface area contributed by atoms with Crippen molar-refractivity contribution in [3.8, 4) is 5.75 Å². The molecule has 1 atom stereocenters. The van der Waals surface area contributed by atoms with Gasteiger partial charge in [-0.15, -0.1) is 0 Å². The summed E-state index contributed by atoms with van der Waals surface area (Å²) in [5, 5.41) is 3.48. The minimum atomic E-state index is -3.87. The van der Waals surface area contributed by atoms with Crippen molar-refractivity contribution in [3.05, 3.63) is 58.6 Å². The van der Waals surface area contributed by atoms with Crippen LogP contribution in [0.15, 0.2) is 42.5 Å². The highest BCUT2D eigenvalue weighted by Crippen LogP contribution is 2.31. The third kappa shape index (κ3) is 8.13. The summed E-state index contributed by atoms with van der Waals surface area (Å²) < 4.78 is 32.1. The molecule has 2 rings (SSSR count). The molecule has 0 aliphatic rings. The quantitative estimate of drug-likeness (QED) is 0.491. The number of halogens is 1. The minimum absolute atomic E-state index is 0.106. The van der Waals surface area contributed by atoms with Gasteiger partial charge in [-0.2, -0.15) is 0 Å². The predicted molar refractivity (Wildman–Crippen MR) is 144 cm³/mol. The summed E-state index contributed by atoms with van der Waals surface area (Å²) in [6, 6.07) is 11.2. The molecule has 0 aromatic heterocycles. The molecule has 0 unspecified atom stereocenters. The number of methoxy groups -OCH3 is 1. The number of benzene rings is 2. The van der Waals surface area contributed by atoms with Crippen LogP contribution < -0.4 is 14.4 Å². The second-order valence-electron chi connectivity index (χ2n) is 9.76. The second-order valence-corrected chi connectivity index (χ2v) is 12.1. The smallest absolute Gasteiger partial charge is 0.244 e. The van der Waals surface area contributed by atoms with Crippen molar-refractivity contribution in [1.29, 1.82) is 0 Å². The lowest BCUT2D eigenvalue weighted by molar-refractivity contribution is -0.141. The molecule has 0 saturated carbocycles. The molecule has 0 spiro atoms. The summed E-state index contributed by atoms with van der Waals surface area (Å²) in [6.45, 7) is 8.82. The van der Waals surface area contributed by atoms with Gasteiger partial charge in [-0.05, 0) is 69.5 Å². The Labute approximate surface area is 219 Å². The number of ether oxygens (including phenoxy) is 1. The fourth-order valence-electron chi connectivity index (χ4n) is 3.75. The molecule has 198 valence electrons. The van der Waals surface area contributed by atoms with E-state index < -0.39 is 34.1 Å². The lowest BCUT2D eigenvalue weighted by Crippen LogP contribution is -2.55. The molecule has 0 bridgehead atoms. The topological polar surface area (TPSA) is 96.0 Å². The van der Waals surface area contributed by atoms with E-state index in [2.05, 4.69) is 5.32 Å². The van der Waals surface area contributed by atoms with Gasteiger partial charge in [0.2, 0.25) is 21.8 Å². The van der Waals surface area contributed by atoms with Crippen LogP contribution in [0, 0.1) is 6.92 Å². The number of hydrogen-bond acceptors (Lipinski definition) is 5. The summed E-state index contributed by atoms with van der Waals surface area (Å²) in [5.74, 6) is -0.512. The number of rotatable bonds is 10. The number of nitrogens with zero attached hydrogens (tertiary/aromatic N) is 2. The maximum Gasteiger partial charge on any atom is 0.244 e. The summed E-state index contributed by atoms with van der Waals surface area (Å²) in [5.41, 5.74) is 1.31. The number of hydrogen-bond donors (Lipinski definition) is 1. The lowest BCUT2D eigenvalue weighted by atomic mass is 10.1. The van der Waals surface area contributed by atoms with E-state index >= 15 is 0 Å². The first-order chi connectivity index (χ1) is 16.7. The van der Waals surface area contributed by atoms with Gasteiger partial charge in [0.15, 0.2) is 0 Å². The van der Waals surface area contributed by atoms with Crippen LogP contribution >= 0.6 is 11.6 Å².